The number of guanidine groups is 1. The molecule has 7 nitrogen and oxygen atoms in total. The first-order valence-electron chi connectivity index (χ1n) is 10.8. The van der Waals surface area contributed by atoms with Crippen molar-refractivity contribution >= 4 is 16.8 Å². The van der Waals surface area contributed by atoms with E-state index in [1.54, 1.807) is 21.3 Å². The van der Waals surface area contributed by atoms with Gasteiger partial charge in [0, 0.05) is 58.6 Å². The van der Waals surface area contributed by atoms with Gasteiger partial charge in [-0.2, -0.15) is 0 Å². The number of nitrogens with zero attached hydrogens (tertiary/aromatic N) is 1. The molecule has 0 radical (unpaired) electrons. The van der Waals surface area contributed by atoms with E-state index in [9.17, 15) is 4.21 Å². The summed E-state index contributed by atoms with van der Waals surface area (Å²) in [4.78, 5) is 4.76. The summed E-state index contributed by atoms with van der Waals surface area (Å²) in [6, 6.07) is 4.03. The average Bonchev–Trinajstić information content (AvgIpc) is 2.78. The summed E-state index contributed by atoms with van der Waals surface area (Å²) in [5, 5.41) is 7.17. The van der Waals surface area contributed by atoms with Crippen LogP contribution in [0.2, 0.25) is 0 Å². The minimum absolute atomic E-state index is 0.289. The molecule has 1 saturated carbocycles. The third-order valence-electron chi connectivity index (χ3n) is 5.42. The molecular weight excluding hydrogens is 402 g/mol. The Hall–Kier alpha value is -1.96. The van der Waals surface area contributed by atoms with Crippen molar-refractivity contribution in [2.75, 3.05) is 40.2 Å². The summed E-state index contributed by atoms with van der Waals surface area (Å²) in [6.07, 6.45) is 4.87. The topological polar surface area (TPSA) is 81.2 Å². The molecule has 0 amide bonds. The molecule has 3 atom stereocenters. The summed E-state index contributed by atoms with van der Waals surface area (Å²) >= 11 is 0. The summed E-state index contributed by atoms with van der Waals surface area (Å²) in [7, 11) is 4.18. The number of benzene rings is 1. The minimum Gasteiger partial charge on any atom is -0.496 e. The number of ether oxygens (including phenoxy) is 3. The molecule has 1 aliphatic carbocycles. The lowest BCUT2D eigenvalue weighted by Gasteiger charge is -2.30. The van der Waals surface area contributed by atoms with E-state index in [0.717, 1.165) is 61.0 Å². The van der Waals surface area contributed by atoms with E-state index < -0.39 is 10.8 Å². The highest BCUT2D eigenvalue weighted by Crippen LogP contribution is 2.34. The Kier molecular flexibility index (Phi) is 10.3. The van der Waals surface area contributed by atoms with Crippen molar-refractivity contribution in [2.45, 2.75) is 57.2 Å². The van der Waals surface area contributed by atoms with Gasteiger partial charge in [-0.05, 0) is 32.6 Å². The second kappa shape index (κ2) is 12.7. The van der Waals surface area contributed by atoms with Crippen molar-refractivity contribution in [2.24, 2.45) is 4.99 Å². The van der Waals surface area contributed by atoms with E-state index in [4.69, 9.17) is 19.2 Å². The zero-order chi connectivity index (χ0) is 21.9. The van der Waals surface area contributed by atoms with Gasteiger partial charge in [-0.25, -0.2) is 0 Å². The van der Waals surface area contributed by atoms with Gasteiger partial charge >= 0.3 is 0 Å². The molecule has 0 aliphatic heterocycles. The van der Waals surface area contributed by atoms with Crippen molar-refractivity contribution in [3.05, 3.63) is 17.7 Å². The molecular formula is C22H37N3O4S. The monoisotopic (exact) mass is 439 g/mol. The molecule has 170 valence electrons. The smallest absolute Gasteiger partial charge is 0.191 e. The van der Waals surface area contributed by atoms with Crippen LogP contribution in [0.5, 0.6) is 17.2 Å². The minimum atomic E-state index is -0.732. The molecule has 30 heavy (non-hydrogen) atoms. The Morgan fingerprint density at radius 1 is 1.13 bits per heavy atom. The van der Waals surface area contributed by atoms with E-state index in [1.807, 2.05) is 19.1 Å². The largest absolute Gasteiger partial charge is 0.496 e. The van der Waals surface area contributed by atoms with Crippen LogP contribution in [0.15, 0.2) is 17.1 Å². The van der Waals surface area contributed by atoms with Crippen LogP contribution in [0.25, 0.3) is 0 Å². The van der Waals surface area contributed by atoms with Gasteiger partial charge in [-0.15, -0.1) is 0 Å². The molecule has 0 heterocycles. The number of methoxy groups -OCH3 is 3. The van der Waals surface area contributed by atoms with Crippen LogP contribution in [0.4, 0.5) is 0 Å². The van der Waals surface area contributed by atoms with Crippen LogP contribution in [0.1, 0.15) is 45.1 Å². The Balaban J connectivity index is 2.05. The summed E-state index contributed by atoms with van der Waals surface area (Å²) in [6.45, 7) is 5.44. The van der Waals surface area contributed by atoms with E-state index in [2.05, 4.69) is 17.6 Å². The maximum Gasteiger partial charge on any atom is 0.191 e. The quantitative estimate of drug-likeness (QED) is 0.431. The fraction of sp³-hybridized carbons (Fsp3) is 0.682. The summed E-state index contributed by atoms with van der Waals surface area (Å²) in [5.41, 5.74) is 0.969. The summed E-state index contributed by atoms with van der Waals surface area (Å²) < 4.78 is 28.6. The fourth-order valence-electron chi connectivity index (χ4n) is 3.87. The first kappa shape index (κ1) is 24.3. The van der Waals surface area contributed by atoms with Gasteiger partial charge in [0.05, 0.1) is 21.3 Å². The number of hydrogen-bond donors (Lipinski definition) is 2. The van der Waals surface area contributed by atoms with E-state index >= 15 is 0 Å². The maximum atomic E-state index is 12.2. The number of hydrogen-bond acceptors (Lipinski definition) is 5. The highest BCUT2D eigenvalue weighted by atomic mass is 32.2. The van der Waals surface area contributed by atoms with Crippen molar-refractivity contribution < 1.29 is 18.4 Å². The molecule has 0 spiro atoms. The number of rotatable bonds is 10. The van der Waals surface area contributed by atoms with Crippen LogP contribution in [0, 0.1) is 0 Å². The van der Waals surface area contributed by atoms with Crippen LogP contribution in [-0.2, 0) is 17.2 Å². The third-order valence-corrected chi connectivity index (χ3v) is 7.16. The molecule has 0 bridgehead atoms. The van der Waals surface area contributed by atoms with Crippen LogP contribution >= 0.6 is 0 Å². The lowest BCUT2D eigenvalue weighted by molar-refractivity contribution is 0.369. The summed E-state index contributed by atoms with van der Waals surface area (Å²) in [5.74, 6) is 3.70. The van der Waals surface area contributed by atoms with Crippen LogP contribution in [0.3, 0.4) is 0 Å². The Morgan fingerprint density at radius 3 is 2.40 bits per heavy atom. The average molecular weight is 440 g/mol. The molecule has 1 aromatic carbocycles. The van der Waals surface area contributed by atoms with E-state index in [1.165, 1.54) is 0 Å². The predicted molar refractivity (Wildman–Crippen MR) is 124 cm³/mol. The van der Waals surface area contributed by atoms with Crippen LogP contribution < -0.4 is 24.8 Å². The molecule has 2 N–H and O–H groups in total. The van der Waals surface area contributed by atoms with Crippen LogP contribution in [-0.4, -0.2) is 61.6 Å². The lowest BCUT2D eigenvalue weighted by atomic mass is 9.95. The second-order valence-electron chi connectivity index (χ2n) is 7.32. The van der Waals surface area contributed by atoms with Gasteiger partial charge in [0.15, 0.2) is 5.96 Å². The first-order valence-corrected chi connectivity index (χ1v) is 12.1. The zero-order valence-corrected chi connectivity index (χ0v) is 19.8. The maximum absolute atomic E-state index is 12.2. The lowest BCUT2D eigenvalue weighted by Crippen LogP contribution is -2.46. The van der Waals surface area contributed by atoms with Crippen molar-refractivity contribution in [1.82, 2.24) is 10.6 Å². The van der Waals surface area contributed by atoms with E-state index in [-0.39, 0.29) is 5.25 Å². The number of nitrogens with one attached hydrogen (secondary N) is 2. The van der Waals surface area contributed by atoms with Crippen molar-refractivity contribution in [3.8, 4) is 17.2 Å². The second-order valence-corrected chi connectivity index (χ2v) is 9.33. The number of aliphatic imine (C=N–C) groups is 1. The van der Waals surface area contributed by atoms with Crippen molar-refractivity contribution in [3.63, 3.8) is 0 Å². The van der Waals surface area contributed by atoms with Gasteiger partial charge in [0.25, 0.3) is 0 Å². The first-order chi connectivity index (χ1) is 14.6. The van der Waals surface area contributed by atoms with E-state index in [0.29, 0.717) is 24.8 Å². The predicted octanol–water partition coefficient (Wildman–Crippen LogP) is 2.89. The molecule has 8 heteroatoms. The Bertz CT molecular complexity index is 701. The standard InChI is InChI=1S/C22H37N3O4S/c1-6-23-22(25-16-9-8-10-18(13-16)30(26)7-2)24-12-11-19-20(28-4)14-17(27-3)15-21(19)29-5/h14-16,18H,6-13H2,1-5H3,(H2,23,24,25). The SMILES string of the molecule is CCNC(=NCCc1c(OC)cc(OC)cc1OC)NC1CCCC(S(=O)CC)C1. The Morgan fingerprint density at radius 2 is 1.83 bits per heavy atom. The highest BCUT2D eigenvalue weighted by molar-refractivity contribution is 7.85. The molecule has 0 aromatic heterocycles. The highest BCUT2D eigenvalue weighted by Gasteiger charge is 2.26. The van der Waals surface area contributed by atoms with Crippen molar-refractivity contribution in [1.29, 1.82) is 0 Å². The molecule has 1 aromatic rings. The third kappa shape index (κ3) is 6.79. The normalized spacial score (nSPS) is 20.4. The molecule has 3 unspecified atom stereocenters. The van der Waals surface area contributed by atoms with Gasteiger partial charge < -0.3 is 24.8 Å². The zero-order valence-electron chi connectivity index (χ0n) is 19.0. The molecule has 1 fully saturated rings. The fourth-order valence-corrected chi connectivity index (χ4v) is 5.22. The van der Waals surface area contributed by atoms with Gasteiger partial charge in [-0.3, -0.25) is 9.20 Å². The molecule has 2 rings (SSSR count). The molecule has 1 aliphatic rings. The van der Waals surface area contributed by atoms with Gasteiger partial charge in [-0.1, -0.05) is 13.3 Å². The molecule has 0 saturated heterocycles. The Labute approximate surface area is 183 Å². The van der Waals surface area contributed by atoms with Gasteiger partial charge in [0.1, 0.15) is 17.2 Å². The van der Waals surface area contributed by atoms with Gasteiger partial charge in [0.2, 0.25) is 0 Å².